The molecule has 1 N–H and O–H groups in total. The van der Waals surface area contributed by atoms with Crippen molar-refractivity contribution in [3.8, 4) is 5.75 Å². The van der Waals surface area contributed by atoms with Crippen LogP contribution in [0.4, 0.5) is 5.69 Å². The number of aryl methyl sites for hydroxylation is 1. The Morgan fingerprint density at radius 2 is 1.96 bits per heavy atom. The van der Waals surface area contributed by atoms with Crippen LogP contribution in [-0.4, -0.2) is 22.1 Å². The number of aromatic nitrogens is 2. The molecule has 0 aliphatic rings. The summed E-state index contributed by atoms with van der Waals surface area (Å²) in [6.07, 6.45) is 5.16. The Balaban J connectivity index is 1.68. The molecule has 0 atom stereocenters. The third-order valence-corrected chi connectivity index (χ3v) is 3.79. The lowest BCUT2D eigenvalue weighted by atomic mass is 10.1. The first-order chi connectivity index (χ1) is 12.1. The van der Waals surface area contributed by atoms with Crippen molar-refractivity contribution >= 4 is 17.3 Å². The van der Waals surface area contributed by atoms with Crippen LogP contribution in [0.5, 0.6) is 5.75 Å². The van der Waals surface area contributed by atoms with E-state index in [0.29, 0.717) is 5.75 Å². The number of amides is 1. The number of carbonyl (C=O) groups excluding carboxylic acids is 1. The van der Waals surface area contributed by atoms with Crippen molar-refractivity contribution in [2.45, 2.75) is 6.92 Å². The molecule has 3 aromatic rings. The molecule has 1 amide bonds. The Kier molecular flexibility index (Phi) is 4.95. The molecule has 3 rings (SSSR count). The third-order valence-electron chi connectivity index (χ3n) is 3.79. The van der Waals surface area contributed by atoms with Crippen molar-refractivity contribution in [3.05, 3.63) is 85.0 Å². The van der Waals surface area contributed by atoms with Crippen LogP contribution < -0.4 is 10.1 Å². The molecular weight excluding hydrogens is 314 g/mol. The summed E-state index contributed by atoms with van der Waals surface area (Å²) in [6.45, 7) is 5.94. The summed E-state index contributed by atoms with van der Waals surface area (Å²) >= 11 is 0. The molecule has 1 aromatic heterocycles. The number of carbonyl (C=O) groups is 1. The molecule has 0 bridgehead atoms. The van der Waals surface area contributed by atoms with Gasteiger partial charge in [-0.3, -0.25) is 4.79 Å². The van der Waals surface area contributed by atoms with E-state index in [9.17, 15) is 4.79 Å². The average molecular weight is 333 g/mol. The molecule has 0 fully saturated rings. The second-order valence-electron chi connectivity index (χ2n) is 5.56. The van der Waals surface area contributed by atoms with Crippen molar-refractivity contribution in [3.63, 3.8) is 0 Å². The molecule has 0 saturated carbocycles. The SMILES string of the molecule is C=C(c1ccccc1OCC(=O)Nc1ccccc1C)n1ccnc1. The minimum atomic E-state index is -0.211. The number of anilines is 1. The normalized spacial score (nSPS) is 10.3. The van der Waals surface area contributed by atoms with Crippen molar-refractivity contribution in [1.29, 1.82) is 0 Å². The maximum absolute atomic E-state index is 12.2. The Hall–Kier alpha value is -3.34. The molecule has 0 aliphatic heterocycles. The number of benzene rings is 2. The van der Waals surface area contributed by atoms with Crippen molar-refractivity contribution in [2.75, 3.05) is 11.9 Å². The Bertz CT molecular complexity index is 885. The second-order valence-corrected chi connectivity index (χ2v) is 5.56. The van der Waals surface area contributed by atoms with E-state index in [2.05, 4.69) is 16.9 Å². The molecule has 2 aromatic carbocycles. The van der Waals surface area contributed by atoms with Crippen LogP contribution in [0.25, 0.3) is 5.70 Å². The zero-order chi connectivity index (χ0) is 17.6. The lowest BCUT2D eigenvalue weighted by Crippen LogP contribution is -2.21. The highest BCUT2D eigenvalue weighted by atomic mass is 16.5. The molecule has 0 saturated heterocycles. The van der Waals surface area contributed by atoms with Gasteiger partial charge in [0.05, 0.1) is 12.0 Å². The molecule has 5 nitrogen and oxygen atoms in total. The average Bonchev–Trinajstić information content (AvgIpc) is 3.16. The van der Waals surface area contributed by atoms with E-state index in [1.54, 1.807) is 17.1 Å². The van der Waals surface area contributed by atoms with Gasteiger partial charge >= 0.3 is 0 Å². The first kappa shape index (κ1) is 16.5. The first-order valence-corrected chi connectivity index (χ1v) is 7.90. The Morgan fingerprint density at radius 1 is 1.20 bits per heavy atom. The summed E-state index contributed by atoms with van der Waals surface area (Å²) in [6, 6.07) is 15.1. The largest absolute Gasteiger partial charge is 0.483 e. The van der Waals surface area contributed by atoms with Gasteiger partial charge in [-0.05, 0) is 30.7 Å². The van der Waals surface area contributed by atoms with E-state index in [4.69, 9.17) is 4.74 Å². The quantitative estimate of drug-likeness (QED) is 0.748. The molecular formula is C20H19N3O2. The van der Waals surface area contributed by atoms with Crippen molar-refractivity contribution in [2.24, 2.45) is 0 Å². The molecule has 1 heterocycles. The molecule has 5 heteroatoms. The number of nitrogens with zero attached hydrogens (tertiary/aromatic N) is 2. The van der Waals surface area contributed by atoms with Gasteiger partial charge in [-0.1, -0.05) is 36.9 Å². The molecule has 0 spiro atoms. The molecule has 126 valence electrons. The smallest absolute Gasteiger partial charge is 0.262 e. The Labute approximate surface area is 146 Å². The fourth-order valence-electron chi connectivity index (χ4n) is 2.43. The van der Waals surface area contributed by atoms with Crippen LogP contribution in [0.3, 0.4) is 0 Å². The van der Waals surface area contributed by atoms with E-state index < -0.39 is 0 Å². The van der Waals surface area contributed by atoms with Gasteiger partial charge in [0.15, 0.2) is 6.61 Å². The highest BCUT2D eigenvalue weighted by molar-refractivity contribution is 5.92. The highest BCUT2D eigenvalue weighted by Crippen LogP contribution is 2.26. The van der Waals surface area contributed by atoms with E-state index in [1.165, 1.54) is 0 Å². The summed E-state index contributed by atoms with van der Waals surface area (Å²) < 4.78 is 7.52. The maximum Gasteiger partial charge on any atom is 0.262 e. The minimum absolute atomic E-state index is 0.0808. The lowest BCUT2D eigenvalue weighted by Gasteiger charge is -2.14. The zero-order valence-electron chi connectivity index (χ0n) is 14.0. The number of hydrogen-bond donors (Lipinski definition) is 1. The predicted octanol–water partition coefficient (Wildman–Crippen LogP) is 3.73. The Morgan fingerprint density at radius 3 is 2.72 bits per heavy atom. The zero-order valence-corrected chi connectivity index (χ0v) is 14.0. The van der Waals surface area contributed by atoms with E-state index in [1.807, 2.05) is 61.7 Å². The van der Waals surface area contributed by atoms with Crippen LogP contribution in [0.2, 0.25) is 0 Å². The first-order valence-electron chi connectivity index (χ1n) is 7.90. The summed E-state index contributed by atoms with van der Waals surface area (Å²) in [5.41, 5.74) is 3.33. The molecule has 0 unspecified atom stereocenters. The van der Waals surface area contributed by atoms with Gasteiger partial charge in [0.1, 0.15) is 5.75 Å². The third kappa shape index (κ3) is 3.95. The maximum atomic E-state index is 12.2. The number of imidazole rings is 1. The predicted molar refractivity (Wildman–Crippen MR) is 98.4 cm³/mol. The van der Waals surface area contributed by atoms with Crippen LogP contribution >= 0.6 is 0 Å². The second kappa shape index (κ2) is 7.49. The molecule has 25 heavy (non-hydrogen) atoms. The van der Waals surface area contributed by atoms with Gasteiger partial charge in [-0.2, -0.15) is 0 Å². The summed E-state index contributed by atoms with van der Waals surface area (Å²) in [7, 11) is 0. The number of rotatable bonds is 6. The van der Waals surface area contributed by atoms with Crippen LogP contribution in [-0.2, 0) is 4.79 Å². The summed E-state index contributed by atoms with van der Waals surface area (Å²) in [5.74, 6) is 0.387. The van der Waals surface area contributed by atoms with Gasteiger partial charge in [0.25, 0.3) is 5.91 Å². The van der Waals surface area contributed by atoms with Crippen molar-refractivity contribution in [1.82, 2.24) is 9.55 Å². The van der Waals surface area contributed by atoms with Crippen LogP contribution in [0.15, 0.2) is 73.8 Å². The lowest BCUT2D eigenvalue weighted by molar-refractivity contribution is -0.118. The van der Waals surface area contributed by atoms with Crippen LogP contribution in [0.1, 0.15) is 11.1 Å². The van der Waals surface area contributed by atoms with E-state index >= 15 is 0 Å². The molecule has 0 aliphatic carbocycles. The monoisotopic (exact) mass is 333 g/mol. The van der Waals surface area contributed by atoms with E-state index in [0.717, 1.165) is 22.5 Å². The fraction of sp³-hybridized carbons (Fsp3) is 0.100. The fourth-order valence-corrected chi connectivity index (χ4v) is 2.43. The van der Waals surface area contributed by atoms with E-state index in [-0.39, 0.29) is 12.5 Å². The number of nitrogens with one attached hydrogen (secondary N) is 1. The summed E-state index contributed by atoms with van der Waals surface area (Å²) in [5, 5.41) is 2.86. The molecule has 0 radical (unpaired) electrons. The van der Waals surface area contributed by atoms with Gasteiger partial charge in [-0.15, -0.1) is 0 Å². The number of ether oxygens (including phenoxy) is 1. The topological polar surface area (TPSA) is 56.1 Å². The number of para-hydroxylation sites is 2. The summed E-state index contributed by atoms with van der Waals surface area (Å²) in [4.78, 5) is 16.2. The standard InChI is InChI=1S/C20H19N3O2/c1-15-7-3-5-9-18(15)22-20(24)13-25-19-10-6-4-8-17(19)16(2)23-12-11-21-14-23/h3-12,14H,2,13H2,1H3,(H,22,24). The van der Waals surface area contributed by atoms with Gasteiger partial charge in [0.2, 0.25) is 0 Å². The van der Waals surface area contributed by atoms with Gasteiger partial charge in [0, 0.05) is 23.6 Å². The number of hydrogen-bond acceptors (Lipinski definition) is 3. The van der Waals surface area contributed by atoms with Gasteiger partial charge in [-0.25, -0.2) is 4.98 Å². The van der Waals surface area contributed by atoms with Gasteiger partial charge < -0.3 is 14.6 Å². The van der Waals surface area contributed by atoms with Crippen molar-refractivity contribution < 1.29 is 9.53 Å². The van der Waals surface area contributed by atoms with Crippen LogP contribution in [0, 0.1) is 6.92 Å². The minimum Gasteiger partial charge on any atom is -0.483 e. The highest BCUT2D eigenvalue weighted by Gasteiger charge is 2.11.